The lowest BCUT2D eigenvalue weighted by Crippen LogP contribution is -2.34. The van der Waals surface area contributed by atoms with Gasteiger partial charge in [0, 0.05) is 0 Å². The second-order valence-corrected chi connectivity index (χ2v) is 4.42. The minimum atomic E-state index is -0.725. The van der Waals surface area contributed by atoms with Crippen molar-refractivity contribution in [3.05, 3.63) is 23.3 Å². The summed E-state index contributed by atoms with van der Waals surface area (Å²) in [5, 5.41) is 0. The van der Waals surface area contributed by atoms with Crippen molar-refractivity contribution in [2.45, 2.75) is 27.2 Å². The predicted octanol–water partition coefficient (Wildman–Crippen LogP) is 2.49. The Labute approximate surface area is 111 Å². The van der Waals surface area contributed by atoms with E-state index in [-0.39, 0.29) is 5.78 Å². The highest BCUT2D eigenvalue weighted by Crippen LogP contribution is 2.37. The number of nitrogens with one attached hydrogen (secondary N) is 1. The van der Waals surface area contributed by atoms with Crippen molar-refractivity contribution in [1.82, 2.24) is 0 Å². The van der Waals surface area contributed by atoms with Gasteiger partial charge in [0.2, 0.25) is 0 Å². The Morgan fingerprint density at radius 3 is 2.68 bits per heavy atom. The van der Waals surface area contributed by atoms with Crippen LogP contribution in [0.5, 0.6) is 5.75 Å². The summed E-state index contributed by atoms with van der Waals surface area (Å²) in [7, 11) is 0. The van der Waals surface area contributed by atoms with Gasteiger partial charge in [-0.05, 0) is 31.9 Å². The van der Waals surface area contributed by atoms with Gasteiger partial charge in [-0.2, -0.15) is 0 Å². The molecule has 1 aliphatic rings. The number of carbonyl (C=O) groups is 2. The lowest BCUT2D eigenvalue weighted by molar-refractivity contribution is -0.138. The van der Waals surface area contributed by atoms with Gasteiger partial charge in [-0.25, -0.2) is 0 Å². The van der Waals surface area contributed by atoms with Crippen molar-refractivity contribution in [3.63, 3.8) is 0 Å². The zero-order valence-corrected chi connectivity index (χ0v) is 11.3. The van der Waals surface area contributed by atoms with E-state index in [1.807, 2.05) is 6.92 Å². The average Bonchev–Trinajstić information content (AvgIpc) is 2.39. The number of benzene rings is 1. The number of ether oxygens (including phenoxy) is 1. The fourth-order valence-electron chi connectivity index (χ4n) is 2.10. The minimum absolute atomic E-state index is 0.209. The van der Waals surface area contributed by atoms with Crippen LogP contribution in [0.15, 0.2) is 12.1 Å². The van der Waals surface area contributed by atoms with Crippen LogP contribution < -0.4 is 10.2 Å². The number of fused-ring (bicyclic) bond motifs is 1. The third kappa shape index (κ3) is 2.33. The van der Waals surface area contributed by atoms with Gasteiger partial charge in [-0.3, -0.25) is 19.9 Å². The summed E-state index contributed by atoms with van der Waals surface area (Å²) in [5.41, 5.74) is 4.43. The molecule has 0 bridgehead atoms. The molecule has 0 aromatic heterocycles. The van der Waals surface area contributed by atoms with Gasteiger partial charge in [0.15, 0.2) is 5.78 Å². The Kier molecular flexibility index (Phi) is 3.85. The van der Waals surface area contributed by atoms with Crippen LogP contribution >= 0.6 is 0 Å². The van der Waals surface area contributed by atoms with Crippen molar-refractivity contribution in [2.24, 2.45) is 5.92 Å². The topological polar surface area (TPSA) is 64.6 Å². The Hall–Kier alpha value is -1.88. The number of hydrogen-bond donors (Lipinski definition) is 1. The van der Waals surface area contributed by atoms with E-state index in [9.17, 15) is 9.59 Å². The molecule has 1 aliphatic heterocycles. The molecule has 1 atom stereocenters. The van der Waals surface area contributed by atoms with Crippen LogP contribution in [0.25, 0.3) is 0 Å². The van der Waals surface area contributed by atoms with Crippen LogP contribution in [0.1, 0.15) is 36.2 Å². The molecule has 0 amide bonds. The first-order valence-electron chi connectivity index (χ1n) is 6.37. The third-order valence-electron chi connectivity index (χ3n) is 3.14. The van der Waals surface area contributed by atoms with Gasteiger partial charge in [0.25, 0.3) is 0 Å². The number of carbonyl (C=O) groups excluding carboxylic acids is 2. The second-order valence-electron chi connectivity index (χ2n) is 4.42. The van der Waals surface area contributed by atoms with Crippen LogP contribution in [0, 0.1) is 12.8 Å². The van der Waals surface area contributed by atoms with E-state index in [2.05, 4.69) is 5.48 Å². The van der Waals surface area contributed by atoms with E-state index in [0.29, 0.717) is 30.0 Å². The largest absolute Gasteiger partial charge is 0.425 e. The molecule has 19 heavy (non-hydrogen) atoms. The predicted molar refractivity (Wildman–Crippen MR) is 70.2 cm³/mol. The maximum Gasteiger partial charge on any atom is 0.322 e. The molecule has 1 aromatic rings. The number of esters is 1. The summed E-state index contributed by atoms with van der Waals surface area (Å²) >= 11 is 0. The third-order valence-corrected chi connectivity index (χ3v) is 3.14. The summed E-state index contributed by atoms with van der Waals surface area (Å²) in [5.74, 6) is -1.07. The van der Waals surface area contributed by atoms with Crippen molar-refractivity contribution in [1.29, 1.82) is 0 Å². The second kappa shape index (κ2) is 5.40. The van der Waals surface area contributed by atoms with E-state index in [4.69, 9.17) is 9.57 Å². The standard InChI is InChI=1S/C14H17NO4/c1-4-9-12(16)11-10(15-18-5-2)7-6-8(3)13(11)19-14(9)17/h6-7,9,15H,4-5H2,1-3H3. The molecule has 5 heteroatoms. The molecule has 0 fully saturated rings. The summed E-state index contributed by atoms with van der Waals surface area (Å²) in [4.78, 5) is 29.3. The van der Waals surface area contributed by atoms with Crippen LogP contribution in [-0.2, 0) is 9.63 Å². The van der Waals surface area contributed by atoms with Crippen LogP contribution in [0.3, 0.4) is 0 Å². The number of anilines is 1. The van der Waals surface area contributed by atoms with Crippen molar-refractivity contribution < 1.29 is 19.2 Å². The van der Waals surface area contributed by atoms with Crippen LogP contribution in [0.2, 0.25) is 0 Å². The van der Waals surface area contributed by atoms with E-state index >= 15 is 0 Å². The highest BCUT2D eigenvalue weighted by molar-refractivity contribution is 6.16. The molecule has 0 saturated carbocycles. The quantitative estimate of drug-likeness (QED) is 0.391. The number of hydrogen-bond acceptors (Lipinski definition) is 5. The summed E-state index contributed by atoms with van der Waals surface area (Å²) in [6, 6.07) is 3.54. The van der Waals surface area contributed by atoms with Gasteiger partial charge in [0.1, 0.15) is 11.7 Å². The highest BCUT2D eigenvalue weighted by Gasteiger charge is 2.37. The molecule has 0 aliphatic carbocycles. The smallest absolute Gasteiger partial charge is 0.322 e. The first kappa shape index (κ1) is 13.5. The average molecular weight is 263 g/mol. The maximum atomic E-state index is 12.4. The molecule has 5 nitrogen and oxygen atoms in total. The minimum Gasteiger partial charge on any atom is -0.425 e. The fraction of sp³-hybridized carbons (Fsp3) is 0.429. The fourth-order valence-corrected chi connectivity index (χ4v) is 2.10. The molecule has 102 valence electrons. The van der Waals surface area contributed by atoms with Gasteiger partial charge in [-0.15, -0.1) is 0 Å². The lowest BCUT2D eigenvalue weighted by atomic mass is 9.90. The molecule has 1 heterocycles. The molecule has 0 spiro atoms. The Bertz CT molecular complexity index is 524. The molecular formula is C14H17NO4. The van der Waals surface area contributed by atoms with E-state index in [0.717, 1.165) is 5.56 Å². The van der Waals surface area contributed by atoms with Gasteiger partial charge in [-0.1, -0.05) is 13.0 Å². The summed E-state index contributed by atoms with van der Waals surface area (Å²) in [6.07, 6.45) is 0.430. The van der Waals surface area contributed by atoms with Gasteiger partial charge in [0.05, 0.1) is 17.9 Å². The zero-order valence-electron chi connectivity index (χ0n) is 11.3. The van der Waals surface area contributed by atoms with E-state index in [1.165, 1.54) is 0 Å². The lowest BCUT2D eigenvalue weighted by Gasteiger charge is -2.24. The molecule has 2 rings (SSSR count). The van der Waals surface area contributed by atoms with E-state index in [1.54, 1.807) is 26.0 Å². The molecule has 1 aromatic carbocycles. The van der Waals surface area contributed by atoms with Gasteiger partial charge >= 0.3 is 5.97 Å². The molecule has 1 N–H and O–H groups in total. The van der Waals surface area contributed by atoms with Crippen LogP contribution in [0.4, 0.5) is 5.69 Å². The Morgan fingerprint density at radius 1 is 1.32 bits per heavy atom. The van der Waals surface area contributed by atoms with Crippen molar-refractivity contribution >= 4 is 17.4 Å². The van der Waals surface area contributed by atoms with Crippen molar-refractivity contribution in [2.75, 3.05) is 12.1 Å². The SMILES string of the molecule is CCONc1ccc(C)c2c1C(=O)C(CC)C(=O)O2. The first-order chi connectivity index (χ1) is 9.10. The number of rotatable bonds is 4. The zero-order chi connectivity index (χ0) is 14.0. The van der Waals surface area contributed by atoms with Crippen molar-refractivity contribution in [3.8, 4) is 5.75 Å². The molecule has 0 saturated heterocycles. The number of ketones is 1. The first-order valence-corrected chi connectivity index (χ1v) is 6.37. The van der Waals surface area contributed by atoms with Crippen LogP contribution in [-0.4, -0.2) is 18.4 Å². The number of Topliss-reactive ketones (excluding diaryl/α,β-unsaturated/α-hetero) is 1. The number of aryl methyl sites for hydroxylation is 1. The Balaban J connectivity index is 2.50. The Morgan fingerprint density at radius 2 is 2.05 bits per heavy atom. The summed E-state index contributed by atoms with van der Waals surface area (Å²) < 4.78 is 5.30. The molecule has 0 radical (unpaired) electrons. The maximum absolute atomic E-state index is 12.4. The normalized spacial score (nSPS) is 17.9. The monoisotopic (exact) mass is 263 g/mol. The summed E-state index contributed by atoms with van der Waals surface area (Å²) in [6.45, 7) is 5.90. The molecular weight excluding hydrogens is 246 g/mol. The highest BCUT2D eigenvalue weighted by atomic mass is 16.6. The molecule has 1 unspecified atom stereocenters. The van der Waals surface area contributed by atoms with E-state index < -0.39 is 11.9 Å². The van der Waals surface area contributed by atoms with Gasteiger partial charge < -0.3 is 4.74 Å².